The molecule has 2 aromatic carbocycles. The van der Waals surface area contributed by atoms with Gasteiger partial charge in [0, 0.05) is 6.54 Å². The van der Waals surface area contributed by atoms with Gasteiger partial charge < -0.3 is 9.64 Å². The van der Waals surface area contributed by atoms with Crippen molar-refractivity contribution < 1.29 is 14.4 Å². The molecule has 1 aliphatic rings. The van der Waals surface area contributed by atoms with Gasteiger partial charge in [0.25, 0.3) is 0 Å². The van der Waals surface area contributed by atoms with Crippen LogP contribution in [0.4, 0.5) is 4.79 Å². The van der Waals surface area contributed by atoms with E-state index >= 15 is 0 Å². The lowest BCUT2D eigenvalue weighted by atomic mass is 10.1. The van der Waals surface area contributed by atoms with E-state index in [0.29, 0.717) is 19.7 Å². The van der Waals surface area contributed by atoms with E-state index in [4.69, 9.17) is 9.57 Å². The Bertz CT molecular complexity index is 648. The lowest BCUT2D eigenvalue weighted by molar-refractivity contribution is -0.0718. The number of hydrogen-bond donors (Lipinski definition) is 1. The third kappa shape index (κ3) is 4.34. The Labute approximate surface area is 142 Å². The fourth-order valence-corrected chi connectivity index (χ4v) is 2.79. The van der Waals surface area contributed by atoms with E-state index in [1.165, 1.54) is 0 Å². The summed E-state index contributed by atoms with van der Waals surface area (Å²) in [6.07, 6.45) is -0.140. The van der Waals surface area contributed by atoms with Gasteiger partial charge in [0.15, 0.2) is 0 Å². The minimum atomic E-state index is -0.234. The van der Waals surface area contributed by atoms with Gasteiger partial charge in [-0.1, -0.05) is 60.7 Å². The molecule has 1 saturated heterocycles. The fourth-order valence-electron chi connectivity index (χ4n) is 2.79. The Morgan fingerprint density at radius 1 is 1.12 bits per heavy atom. The van der Waals surface area contributed by atoms with E-state index in [0.717, 1.165) is 11.1 Å². The van der Waals surface area contributed by atoms with Crippen molar-refractivity contribution in [3.63, 3.8) is 0 Å². The number of urea groups is 1. The average molecular weight is 326 g/mol. The van der Waals surface area contributed by atoms with Gasteiger partial charge in [0.1, 0.15) is 6.10 Å². The van der Waals surface area contributed by atoms with Crippen molar-refractivity contribution in [2.75, 3.05) is 13.1 Å². The zero-order valence-electron chi connectivity index (χ0n) is 13.7. The summed E-state index contributed by atoms with van der Waals surface area (Å²) in [7, 11) is 0. The van der Waals surface area contributed by atoms with Crippen molar-refractivity contribution in [1.29, 1.82) is 0 Å². The zero-order valence-corrected chi connectivity index (χ0v) is 13.7. The molecule has 24 heavy (non-hydrogen) atoms. The minimum Gasteiger partial charge on any atom is -0.367 e. The lowest BCUT2D eigenvalue weighted by Crippen LogP contribution is -2.49. The summed E-state index contributed by atoms with van der Waals surface area (Å²) in [5, 5.41) is 0. The molecule has 2 atom stereocenters. The summed E-state index contributed by atoms with van der Waals surface area (Å²) in [4.78, 5) is 19.4. The molecule has 1 fully saturated rings. The standard InChI is InChI=1S/C19H22N2O3/c1-15-12-21(13-18(24-15)17-10-6-3-7-11-17)19(22)20-23-14-16-8-4-2-5-9-16/h2-11,15,18H,12-14H2,1H3,(H,20,22)/t15-,18-/m0/s1. The van der Waals surface area contributed by atoms with E-state index in [1.807, 2.05) is 67.6 Å². The van der Waals surface area contributed by atoms with Gasteiger partial charge in [-0.15, -0.1) is 0 Å². The first-order chi connectivity index (χ1) is 11.7. The number of hydroxylamine groups is 1. The van der Waals surface area contributed by atoms with Gasteiger partial charge in [-0.05, 0) is 18.1 Å². The number of nitrogens with zero attached hydrogens (tertiary/aromatic N) is 1. The fraction of sp³-hybridized carbons (Fsp3) is 0.316. The molecule has 1 N–H and O–H groups in total. The Kier molecular flexibility index (Phi) is 5.46. The normalized spacial score (nSPS) is 20.6. The minimum absolute atomic E-state index is 0.0242. The predicted molar refractivity (Wildman–Crippen MR) is 91.1 cm³/mol. The number of nitrogens with one attached hydrogen (secondary N) is 1. The first kappa shape index (κ1) is 16.5. The number of amides is 2. The predicted octanol–water partition coefficient (Wildman–Crippen LogP) is 3.29. The van der Waals surface area contributed by atoms with Gasteiger partial charge >= 0.3 is 6.03 Å². The molecule has 0 unspecified atom stereocenters. The van der Waals surface area contributed by atoms with Crippen LogP contribution in [0, 0.1) is 0 Å². The number of carbonyl (C=O) groups excluding carboxylic acids is 1. The monoisotopic (exact) mass is 326 g/mol. The Balaban J connectivity index is 1.54. The van der Waals surface area contributed by atoms with Gasteiger partial charge in [-0.25, -0.2) is 10.3 Å². The van der Waals surface area contributed by atoms with Crippen molar-refractivity contribution in [3.05, 3.63) is 71.8 Å². The first-order valence-corrected chi connectivity index (χ1v) is 8.13. The van der Waals surface area contributed by atoms with E-state index in [9.17, 15) is 4.79 Å². The van der Waals surface area contributed by atoms with E-state index in [1.54, 1.807) is 4.90 Å². The van der Waals surface area contributed by atoms with Crippen molar-refractivity contribution >= 4 is 6.03 Å². The van der Waals surface area contributed by atoms with Crippen molar-refractivity contribution in [1.82, 2.24) is 10.4 Å². The average Bonchev–Trinajstić information content (AvgIpc) is 2.63. The van der Waals surface area contributed by atoms with Gasteiger partial charge in [0.2, 0.25) is 0 Å². The second kappa shape index (κ2) is 7.95. The number of ether oxygens (including phenoxy) is 1. The van der Waals surface area contributed by atoms with Crippen molar-refractivity contribution in [2.45, 2.75) is 25.7 Å². The number of hydrogen-bond acceptors (Lipinski definition) is 3. The van der Waals surface area contributed by atoms with Crippen LogP contribution in [0.25, 0.3) is 0 Å². The van der Waals surface area contributed by atoms with Crippen molar-refractivity contribution in [2.24, 2.45) is 0 Å². The number of rotatable bonds is 4. The maximum Gasteiger partial charge on any atom is 0.341 e. The number of benzene rings is 2. The summed E-state index contributed by atoms with van der Waals surface area (Å²) in [5.41, 5.74) is 4.61. The summed E-state index contributed by atoms with van der Waals surface area (Å²) in [6.45, 7) is 3.37. The molecule has 2 amide bonds. The Morgan fingerprint density at radius 2 is 1.79 bits per heavy atom. The molecule has 2 aromatic rings. The van der Waals surface area contributed by atoms with Crippen LogP contribution in [0.1, 0.15) is 24.2 Å². The van der Waals surface area contributed by atoms with Crippen LogP contribution >= 0.6 is 0 Å². The topological polar surface area (TPSA) is 50.8 Å². The van der Waals surface area contributed by atoms with E-state index in [-0.39, 0.29) is 18.2 Å². The van der Waals surface area contributed by atoms with Crippen LogP contribution in [0.2, 0.25) is 0 Å². The molecule has 0 saturated carbocycles. The highest BCUT2D eigenvalue weighted by Crippen LogP contribution is 2.24. The summed E-state index contributed by atoms with van der Waals surface area (Å²) < 4.78 is 5.96. The van der Waals surface area contributed by atoms with E-state index < -0.39 is 0 Å². The molecule has 126 valence electrons. The molecule has 0 aliphatic carbocycles. The smallest absolute Gasteiger partial charge is 0.341 e. The molecular formula is C19H22N2O3. The second-order valence-corrected chi connectivity index (χ2v) is 5.93. The molecular weight excluding hydrogens is 304 g/mol. The first-order valence-electron chi connectivity index (χ1n) is 8.13. The molecule has 1 aliphatic heterocycles. The Hall–Kier alpha value is -2.37. The molecule has 0 aromatic heterocycles. The van der Waals surface area contributed by atoms with Crippen LogP contribution in [0.15, 0.2) is 60.7 Å². The largest absolute Gasteiger partial charge is 0.367 e. The van der Waals surface area contributed by atoms with E-state index in [2.05, 4.69) is 5.48 Å². The van der Waals surface area contributed by atoms with Crippen LogP contribution < -0.4 is 5.48 Å². The molecule has 0 spiro atoms. The highest BCUT2D eigenvalue weighted by atomic mass is 16.7. The third-order valence-corrected chi connectivity index (χ3v) is 3.96. The molecule has 0 radical (unpaired) electrons. The quantitative estimate of drug-likeness (QED) is 0.877. The van der Waals surface area contributed by atoms with Crippen LogP contribution in [-0.2, 0) is 16.2 Å². The highest BCUT2D eigenvalue weighted by molar-refractivity contribution is 5.73. The summed E-state index contributed by atoms with van der Waals surface area (Å²) >= 11 is 0. The lowest BCUT2D eigenvalue weighted by Gasteiger charge is -2.36. The third-order valence-electron chi connectivity index (χ3n) is 3.96. The summed E-state index contributed by atoms with van der Waals surface area (Å²) in [6, 6.07) is 19.5. The Morgan fingerprint density at radius 3 is 2.50 bits per heavy atom. The number of morpholine rings is 1. The van der Waals surface area contributed by atoms with Gasteiger partial charge in [-0.2, -0.15) is 0 Å². The second-order valence-electron chi connectivity index (χ2n) is 5.93. The van der Waals surface area contributed by atoms with Crippen LogP contribution in [-0.4, -0.2) is 30.1 Å². The van der Waals surface area contributed by atoms with Gasteiger partial charge in [0.05, 0.1) is 19.3 Å². The van der Waals surface area contributed by atoms with Crippen LogP contribution in [0.3, 0.4) is 0 Å². The molecule has 0 bridgehead atoms. The SMILES string of the molecule is C[C@H]1CN(C(=O)NOCc2ccccc2)C[C@@H](c2ccccc2)O1. The maximum absolute atomic E-state index is 12.3. The summed E-state index contributed by atoms with van der Waals surface area (Å²) in [5.74, 6) is 0. The molecule has 3 rings (SSSR count). The van der Waals surface area contributed by atoms with Gasteiger partial charge in [-0.3, -0.25) is 4.84 Å². The van der Waals surface area contributed by atoms with Crippen molar-refractivity contribution in [3.8, 4) is 0 Å². The molecule has 5 nitrogen and oxygen atoms in total. The molecule has 5 heteroatoms. The maximum atomic E-state index is 12.3. The highest BCUT2D eigenvalue weighted by Gasteiger charge is 2.29. The number of carbonyl (C=O) groups is 1. The van der Waals surface area contributed by atoms with Crippen LogP contribution in [0.5, 0.6) is 0 Å². The molecule has 1 heterocycles. The zero-order chi connectivity index (χ0) is 16.8.